The maximum atomic E-state index is 12.9. The summed E-state index contributed by atoms with van der Waals surface area (Å²) in [4.78, 5) is 47.1. The molecular formula is C23H18N6O3. The molecule has 9 heteroatoms. The Balaban J connectivity index is 1.50. The van der Waals surface area contributed by atoms with Crippen LogP contribution >= 0.6 is 0 Å². The lowest BCUT2D eigenvalue weighted by Gasteiger charge is -2.29. The molecule has 32 heavy (non-hydrogen) atoms. The minimum atomic E-state index is -0.653. The van der Waals surface area contributed by atoms with Gasteiger partial charge in [-0.25, -0.2) is 9.97 Å². The summed E-state index contributed by atoms with van der Waals surface area (Å²) in [5, 5.41) is 11.5. The number of fused-ring (bicyclic) bond motifs is 1. The van der Waals surface area contributed by atoms with Gasteiger partial charge in [0, 0.05) is 31.1 Å². The van der Waals surface area contributed by atoms with Crippen molar-refractivity contribution in [3.63, 3.8) is 0 Å². The van der Waals surface area contributed by atoms with E-state index < -0.39 is 11.9 Å². The van der Waals surface area contributed by atoms with Gasteiger partial charge in [0.1, 0.15) is 17.8 Å². The van der Waals surface area contributed by atoms with E-state index in [-0.39, 0.29) is 18.2 Å². The molecule has 4 heterocycles. The number of rotatable bonds is 3. The number of piperidine rings is 1. The minimum Gasteiger partial charge on any atom is -0.332 e. The predicted molar refractivity (Wildman–Crippen MR) is 113 cm³/mol. The fraction of sp³-hybridized carbons (Fsp3) is 0.217. The van der Waals surface area contributed by atoms with Gasteiger partial charge in [0.15, 0.2) is 0 Å². The van der Waals surface area contributed by atoms with Gasteiger partial charge in [-0.3, -0.25) is 19.7 Å². The summed E-state index contributed by atoms with van der Waals surface area (Å²) in [6.45, 7) is 0.290. The standard InChI is InChI=1S/C23H18N6O3/c1-28-12-25-20(21(28)17-4-2-3-15(10-24)26-17)13-5-6-16-14(9-13)11-29(23(16)32)18-7-8-19(30)27-22(18)31/h2-6,9,12,18H,7-8,11H2,1H3,(H,27,30,31). The summed E-state index contributed by atoms with van der Waals surface area (Å²) in [6, 6.07) is 12.1. The van der Waals surface area contributed by atoms with Gasteiger partial charge >= 0.3 is 0 Å². The number of nitrogens with zero attached hydrogens (tertiary/aromatic N) is 5. The number of hydrogen-bond donors (Lipinski definition) is 1. The molecule has 0 saturated carbocycles. The first-order valence-corrected chi connectivity index (χ1v) is 10.1. The van der Waals surface area contributed by atoms with Crippen LogP contribution in [-0.2, 0) is 23.2 Å². The largest absolute Gasteiger partial charge is 0.332 e. The molecule has 0 bridgehead atoms. The van der Waals surface area contributed by atoms with Crippen molar-refractivity contribution in [3.8, 4) is 28.7 Å². The molecule has 3 amide bonds. The Kier molecular flexibility index (Phi) is 4.56. The summed E-state index contributed by atoms with van der Waals surface area (Å²) < 4.78 is 1.84. The number of benzene rings is 1. The van der Waals surface area contributed by atoms with Gasteiger partial charge in [0.05, 0.1) is 23.4 Å². The zero-order valence-electron chi connectivity index (χ0n) is 17.2. The molecule has 2 aliphatic rings. The van der Waals surface area contributed by atoms with Crippen LogP contribution in [0, 0.1) is 11.3 Å². The number of aromatic nitrogens is 3. The fourth-order valence-electron chi connectivity index (χ4n) is 4.29. The molecule has 9 nitrogen and oxygen atoms in total. The number of pyridine rings is 1. The summed E-state index contributed by atoms with van der Waals surface area (Å²) >= 11 is 0. The molecule has 1 atom stereocenters. The van der Waals surface area contributed by atoms with Crippen LogP contribution in [0.25, 0.3) is 22.6 Å². The average molecular weight is 426 g/mol. The number of nitriles is 1. The fourth-order valence-corrected chi connectivity index (χ4v) is 4.29. The second kappa shape index (κ2) is 7.42. The molecule has 3 aromatic rings. The lowest BCUT2D eigenvalue weighted by molar-refractivity contribution is -0.136. The Morgan fingerprint density at radius 2 is 2.03 bits per heavy atom. The highest BCUT2D eigenvalue weighted by molar-refractivity contribution is 6.05. The van der Waals surface area contributed by atoms with Crippen LogP contribution < -0.4 is 5.32 Å². The van der Waals surface area contributed by atoms with E-state index in [9.17, 15) is 19.6 Å². The number of carbonyl (C=O) groups is 3. The van der Waals surface area contributed by atoms with Gasteiger partial charge in [-0.2, -0.15) is 5.26 Å². The van der Waals surface area contributed by atoms with Gasteiger partial charge in [-0.05, 0) is 36.2 Å². The number of imide groups is 1. The van der Waals surface area contributed by atoms with Crippen LogP contribution in [0.15, 0.2) is 42.7 Å². The molecule has 1 unspecified atom stereocenters. The van der Waals surface area contributed by atoms with Crippen LogP contribution in [0.3, 0.4) is 0 Å². The Morgan fingerprint density at radius 3 is 2.81 bits per heavy atom. The Hall–Kier alpha value is -4.32. The Bertz CT molecular complexity index is 1340. The van der Waals surface area contributed by atoms with Crippen molar-refractivity contribution in [1.82, 2.24) is 24.8 Å². The average Bonchev–Trinajstić information content (AvgIpc) is 3.33. The number of nitrogens with one attached hydrogen (secondary N) is 1. The van der Waals surface area contributed by atoms with E-state index in [2.05, 4.69) is 21.4 Å². The molecule has 0 aliphatic carbocycles. The van der Waals surface area contributed by atoms with Crippen molar-refractivity contribution < 1.29 is 14.4 Å². The van der Waals surface area contributed by atoms with E-state index in [1.165, 1.54) is 4.90 Å². The SMILES string of the molecule is Cn1cnc(-c2ccc3c(c2)CN(C2CCC(=O)NC2=O)C3=O)c1-c1cccc(C#N)n1. The van der Waals surface area contributed by atoms with Gasteiger partial charge in [0.25, 0.3) is 5.91 Å². The highest BCUT2D eigenvalue weighted by atomic mass is 16.2. The summed E-state index contributed by atoms with van der Waals surface area (Å²) in [7, 11) is 1.86. The van der Waals surface area contributed by atoms with Crippen LogP contribution in [0.5, 0.6) is 0 Å². The highest BCUT2D eigenvalue weighted by Gasteiger charge is 2.39. The molecule has 1 N–H and O–H groups in total. The first kappa shape index (κ1) is 19.6. The number of hydrogen-bond acceptors (Lipinski definition) is 6. The van der Waals surface area contributed by atoms with Crippen LogP contribution in [0.2, 0.25) is 0 Å². The maximum Gasteiger partial charge on any atom is 0.255 e. The van der Waals surface area contributed by atoms with Crippen molar-refractivity contribution in [1.29, 1.82) is 5.26 Å². The van der Waals surface area contributed by atoms with E-state index in [4.69, 9.17) is 0 Å². The van der Waals surface area contributed by atoms with Crippen molar-refractivity contribution >= 4 is 17.7 Å². The molecule has 158 valence electrons. The Labute approximate surface area is 183 Å². The third-order valence-electron chi connectivity index (χ3n) is 5.84. The van der Waals surface area contributed by atoms with Gasteiger partial charge in [-0.1, -0.05) is 12.1 Å². The molecule has 0 radical (unpaired) electrons. The number of carbonyl (C=O) groups excluding carboxylic acids is 3. The first-order chi connectivity index (χ1) is 15.5. The van der Waals surface area contributed by atoms with Gasteiger partial charge in [-0.15, -0.1) is 0 Å². The third-order valence-corrected chi connectivity index (χ3v) is 5.84. The van der Waals surface area contributed by atoms with E-state index in [0.29, 0.717) is 35.6 Å². The van der Waals surface area contributed by atoms with Gasteiger partial charge < -0.3 is 9.47 Å². The second-order valence-electron chi connectivity index (χ2n) is 7.84. The quantitative estimate of drug-likeness (QED) is 0.638. The molecular weight excluding hydrogens is 408 g/mol. The van der Waals surface area contributed by atoms with Crippen molar-refractivity contribution in [2.75, 3.05) is 0 Å². The van der Waals surface area contributed by atoms with Gasteiger partial charge in [0.2, 0.25) is 11.8 Å². The first-order valence-electron chi connectivity index (χ1n) is 10.1. The molecule has 1 fully saturated rings. The number of imidazole rings is 1. The molecule has 0 spiro atoms. The van der Waals surface area contributed by atoms with Crippen LogP contribution in [-0.4, -0.2) is 43.2 Å². The van der Waals surface area contributed by atoms with Crippen LogP contribution in [0.1, 0.15) is 34.5 Å². The smallest absolute Gasteiger partial charge is 0.255 e. The Morgan fingerprint density at radius 1 is 1.19 bits per heavy atom. The summed E-state index contributed by atoms with van der Waals surface area (Å²) in [6.07, 6.45) is 2.22. The van der Waals surface area contributed by atoms with Crippen molar-refractivity contribution in [2.45, 2.75) is 25.4 Å². The molecule has 2 aliphatic heterocycles. The number of amides is 3. The van der Waals surface area contributed by atoms with Crippen molar-refractivity contribution in [2.24, 2.45) is 7.05 Å². The van der Waals surface area contributed by atoms with E-state index in [1.807, 2.05) is 29.8 Å². The van der Waals surface area contributed by atoms with Crippen molar-refractivity contribution in [3.05, 3.63) is 59.5 Å². The monoisotopic (exact) mass is 426 g/mol. The topological polar surface area (TPSA) is 121 Å². The normalized spacial score (nSPS) is 17.8. The molecule has 1 saturated heterocycles. The third kappa shape index (κ3) is 3.13. The molecule has 1 aromatic carbocycles. The zero-order chi connectivity index (χ0) is 22.4. The number of aryl methyl sites for hydroxylation is 1. The lowest BCUT2D eigenvalue weighted by Crippen LogP contribution is -2.52. The van der Waals surface area contributed by atoms with Crippen LogP contribution in [0.4, 0.5) is 0 Å². The minimum absolute atomic E-state index is 0.216. The second-order valence-corrected chi connectivity index (χ2v) is 7.84. The van der Waals surface area contributed by atoms with E-state index in [1.54, 1.807) is 24.5 Å². The van der Waals surface area contributed by atoms with E-state index in [0.717, 1.165) is 16.8 Å². The molecule has 2 aromatic heterocycles. The molecule has 5 rings (SSSR count). The summed E-state index contributed by atoms with van der Waals surface area (Å²) in [5.41, 5.74) is 4.53. The van der Waals surface area contributed by atoms with E-state index >= 15 is 0 Å². The highest BCUT2D eigenvalue weighted by Crippen LogP contribution is 2.34. The predicted octanol–water partition coefficient (Wildman–Crippen LogP) is 1.78. The maximum absolute atomic E-state index is 12.9. The lowest BCUT2D eigenvalue weighted by atomic mass is 10.0. The summed E-state index contributed by atoms with van der Waals surface area (Å²) in [5.74, 6) is -0.960. The zero-order valence-corrected chi connectivity index (χ0v) is 17.2.